The summed E-state index contributed by atoms with van der Waals surface area (Å²) >= 11 is 0. The van der Waals surface area contributed by atoms with Gasteiger partial charge in [0.2, 0.25) is 0 Å². The zero-order valence-corrected chi connectivity index (χ0v) is 12.7. The average molecular weight is 277 g/mol. The van der Waals surface area contributed by atoms with E-state index in [0.717, 1.165) is 17.8 Å². The molecule has 0 aromatic carbocycles. The Morgan fingerprint density at radius 1 is 1.25 bits per heavy atom. The highest BCUT2D eigenvalue weighted by molar-refractivity contribution is 5.08. The molecule has 20 heavy (non-hydrogen) atoms. The van der Waals surface area contributed by atoms with Crippen molar-refractivity contribution in [1.82, 2.24) is 9.97 Å². The molecule has 2 atom stereocenters. The standard InChI is InChI=1S/C16H27N3O/c1-3-20-15(14-7-5-4-6-8-14)16-18-10-13(11-19-16)9-12(2)17/h10-12,14-15H,3-9,17H2,1-2H3. The van der Waals surface area contributed by atoms with E-state index in [-0.39, 0.29) is 12.1 Å². The van der Waals surface area contributed by atoms with Crippen molar-refractivity contribution in [2.75, 3.05) is 6.61 Å². The van der Waals surface area contributed by atoms with E-state index < -0.39 is 0 Å². The first-order valence-electron chi connectivity index (χ1n) is 7.88. The molecule has 2 rings (SSSR count). The minimum absolute atomic E-state index is 0.0599. The minimum Gasteiger partial charge on any atom is -0.370 e. The molecule has 2 N–H and O–H groups in total. The summed E-state index contributed by atoms with van der Waals surface area (Å²) in [6.45, 7) is 4.76. The molecule has 0 aliphatic heterocycles. The van der Waals surface area contributed by atoms with Gasteiger partial charge in [0.15, 0.2) is 5.82 Å². The summed E-state index contributed by atoms with van der Waals surface area (Å²) in [7, 11) is 0. The van der Waals surface area contributed by atoms with Crippen LogP contribution in [0.5, 0.6) is 0 Å². The van der Waals surface area contributed by atoms with Crippen molar-refractivity contribution in [1.29, 1.82) is 0 Å². The summed E-state index contributed by atoms with van der Waals surface area (Å²) in [5, 5.41) is 0. The van der Waals surface area contributed by atoms with Gasteiger partial charge in [-0.15, -0.1) is 0 Å². The van der Waals surface area contributed by atoms with Crippen molar-refractivity contribution in [3.8, 4) is 0 Å². The maximum absolute atomic E-state index is 5.94. The van der Waals surface area contributed by atoms with E-state index >= 15 is 0 Å². The van der Waals surface area contributed by atoms with Gasteiger partial charge in [0, 0.05) is 25.0 Å². The van der Waals surface area contributed by atoms with Gasteiger partial charge in [-0.3, -0.25) is 0 Å². The van der Waals surface area contributed by atoms with Crippen molar-refractivity contribution in [2.24, 2.45) is 11.7 Å². The Kier molecular flexibility index (Phi) is 5.92. The van der Waals surface area contributed by atoms with Gasteiger partial charge in [0.1, 0.15) is 6.10 Å². The van der Waals surface area contributed by atoms with Gasteiger partial charge in [-0.1, -0.05) is 19.3 Å². The van der Waals surface area contributed by atoms with E-state index in [1.807, 2.05) is 26.2 Å². The lowest BCUT2D eigenvalue weighted by atomic mass is 9.85. The predicted octanol–water partition coefficient (Wildman–Crippen LogP) is 3.02. The van der Waals surface area contributed by atoms with E-state index in [1.165, 1.54) is 32.1 Å². The Morgan fingerprint density at radius 2 is 1.90 bits per heavy atom. The minimum atomic E-state index is 0.0599. The molecule has 1 heterocycles. The lowest BCUT2D eigenvalue weighted by Crippen LogP contribution is -2.22. The van der Waals surface area contributed by atoms with Crippen LogP contribution in [0.2, 0.25) is 0 Å². The maximum atomic E-state index is 5.94. The Bertz CT molecular complexity index is 385. The van der Waals surface area contributed by atoms with E-state index in [2.05, 4.69) is 9.97 Å². The van der Waals surface area contributed by atoms with Crippen molar-refractivity contribution in [2.45, 2.75) is 64.5 Å². The second-order valence-electron chi connectivity index (χ2n) is 5.90. The fourth-order valence-electron chi connectivity index (χ4n) is 3.03. The smallest absolute Gasteiger partial charge is 0.157 e. The molecule has 1 fully saturated rings. The van der Waals surface area contributed by atoms with E-state index in [1.54, 1.807) is 0 Å². The molecular weight excluding hydrogens is 250 g/mol. The van der Waals surface area contributed by atoms with Crippen molar-refractivity contribution in [3.05, 3.63) is 23.8 Å². The average Bonchev–Trinajstić information content (AvgIpc) is 2.46. The molecular formula is C16H27N3O. The number of nitrogens with zero attached hydrogens (tertiary/aromatic N) is 2. The van der Waals surface area contributed by atoms with E-state index in [0.29, 0.717) is 12.5 Å². The summed E-state index contributed by atoms with van der Waals surface area (Å²) < 4.78 is 5.94. The molecule has 4 heteroatoms. The highest BCUT2D eigenvalue weighted by atomic mass is 16.5. The van der Waals surface area contributed by atoms with Crippen LogP contribution in [0, 0.1) is 5.92 Å². The third-order valence-electron chi connectivity index (χ3n) is 3.96. The van der Waals surface area contributed by atoms with Gasteiger partial charge >= 0.3 is 0 Å². The summed E-state index contributed by atoms with van der Waals surface area (Å²) in [5.74, 6) is 1.41. The van der Waals surface area contributed by atoms with Crippen LogP contribution in [-0.4, -0.2) is 22.6 Å². The quantitative estimate of drug-likeness (QED) is 0.868. The Morgan fingerprint density at radius 3 is 2.45 bits per heavy atom. The van der Waals surface area contributed by atoms with Crippen molar-refractivity contribution in [3.63, 3.8) is 0 Å². The summed E-state index contributed by atoms with van der Waals surface area (Å²) in [4.78, 5) is 9.07. The van der Waals surface area contributed by atoms with Gasteiger partial charge in [0.05, 0.1) is 0 Å². The fraction of sp³-hybridized carbons (Fsp3) is 0.750. The van der Waals surface area contributed by atoms with Gasteiger partial charge in [-0.2, -0.15) is 0 Å². The van der Waals surface area contributed by atoms with Crippen molar-refractivity contribution >= 4 is 0 Å². The van der Waals surface area contributed by atoms with Crippen LogP contribution in [0.4, 0.5) is 0 Å². The van der Waals surface area contributed by atoms with Crippen molar-refractivity contribution < 1.29 is 4.74 Å². The zero-order valence-electron chi connectivity index (χ0n) is 12.7. The third kappa shape index (κ3) is 4.25. The number of ether oxygens (including phenoxy) is 1. The van der Waals surface area contributed by atoms with E-state index in [9.17, 15) is 0 Å². The van der Waals surface area contributed by atoms with Crippen LogP contribution in [0.15, 0.2) is 12.4 Å². The molecule has 0 amide bonds. The maximum Gasteiger partial charge on any atom is 0.157 e. The van der Waals surface area contributed by atoms with Crippen LogP contribution in [-0.2, 0) is 11.2 Å². The Labute approximate surface area is 122 Å². The SMILES string of the molecule is CCOC(c1ncc(CC(C)N)cn1)C1CCCCC1. The number of hydrogen-bond donors (Lipinski definition) is 1. The number of nitrogens with two attached hydrogens (primary N) is 1. The van der Waals surface area contributed by atoms with Crippen LogP contribution in [0.25, 0.3) is 0 Å². The van der Waals surface area contributed by atoms with Crippen LogP contribution in [0.3, 0.4) is 0 Å². The predicted molar refractivity (Wildman–Crippen MR) is 80.3 cm³/mol. The lowest BCUT2D eigenvalue weighted by molar-refractivity contribution is -0.000228. The molecule has 112 valence electrons. The molecule has 1 aliphatic rings. The zero-order chi connectivity index (χ0) is 14.4. The molecule has 1 aromatic rings. The van der Waals surface area contributed by atoms with Gasteiger partial charge in [-0.25, -0.2) is 9.97 Å². The number of hydrogen-bond acceptors (Lipinski definition) is 4. The van der Waals surface area contributed by atoms with E-state index in [4.69, 9.17) is 10.5 Å². The molecule has 0 bridgehead atoms. The molecule has 4 nitrogen and oxygen atoms in total. The first-order valence-corrected chi connectivity index (χ1v) is 7.88. The molecule has 1 saturated carbocycles. The van der Waals surface area contributed by atoms with Crippen LogP contribution in [0.1, 0.15) is 63.4 Å². The third-order valence-corrected chi connectivity index (χ3v) is 3.96. The summed E-state index contributed by atoms with van der Waals surface area (Å²) in [6, 6.07) is 0.144. The summed E-state index contributed by atoms with van der Waals surface area (Å²) in [6.07, 6.45) is 11.1. The fourth-order valence-corrected chi connectivity index (χ4v) is 3.03. The van der Waals surface area contributed by atoms with Gasteiger partial charge in [0.25, 0.3) is 0 Å². The summed E-state index contributed by atoms with van der Waals surface area (Å²) in [5.41, 5.74) is 6.91. The molecule has 0 spiro atoms. The van der Waals surface area contributed by atoms with Crippen LogP contribution < -0.4 is 5.73 Å². The highest BCUT2D eigenvalue weighted by Gasteiger charge is 2.27. The van der Waals surface area contributed by atoms with Gasteiger partial charge < -0.3 is 10.5 Å². The number of aromatic nitrogens is 2. The normalized spacial score (nSPS) is 19.8. The second-order valence-corrected chi connectivity index (χ2v) is 5.90. The molecule has 0 saturated heterocycles. The Balaban J connectivity index is 2.07. The monoisotopic (exact) mass is 277 g/mol. The topological polar surface area (TPSA) is 61.0 Å². The highest BCUT2D eigenvalue weighted by Crippen LogP contribution is 2.35. The first-order chi connectivity index (χ1) is 9.70. The largest absolute Gasteiger partial charge is 0.370 e. The first kappa shape index (κ1) is 15.4. The van der Waals surface area contributed by atoms with Gasteiger partial charge in [-0.05, 0) is 44.6 Å². The molecule has 0 radical (unpaired) electrons. The molecule has 2 unspecified atom stereocenters. The molecule has 1 aromatic heterocycles. The molecule has 1 aliphatic carbocycles. The lowest BCUT2D eigenvalue weighted by Gasteiger charge is -2.29. The Hall–Kier alpha value is -1.00. The number of rotatable bonds is 6. The van der Waals surface area contributed by atoms with Crippen LogP contribution >= 0.6 is 0 Å². The second kappa shape index (κ2) is 7.70.